The Labute approximate surface area is 122 Å². The highest BCUT2D eigenvalue weighted by molar-refractivity contribution is 9.10. The zero-order valence-corrected chi connectivity index (χ0v) is 12.0. The second kappa shape index (κ2) is 5.22. The minimum Gasteiger partial charge on any atom is -0.389 e. The number of piperazine rings is 1. The Hall–Kier alpha value is -1.54. The zero-order valence-electron chi connectivity index (χ0n) is 9.57. The standard InChI is InChI=1S/C11H9BrFN3O2S/c12-9-5(11(14)19)1-2-6(10(9)13)16-3-7(17)15-8(18)4-16/h1-2H,3-4H2,(H2,14,19)(H,15,17,18). The summed E-state index contributed by atoms with van der Waals surface area (Å²) in [5.74, 6) is -1.54. The molecule has 19 heavy (non-hydrogen) atoms. The second-order valence-electron chi connectivity index (χ2n) is 3.95. The number of imide groups is 1. The van der Waals surface area contributed by atoms with Crippen molar-refractivity contribution in [1.29, 1.82) is 0 Å². The first-order valence-corrected chi connectivity index (χ1v) is 6.45. The Morgan fingerprint density at radius 2 is 1.95 bits per heavy atom. The topological polar surface area (TPSA) is 75.4 Å². The van der Waals surface area contributed by atoms with Gasteiger partial charge >= 0.3 is 0 Å². The summed E-state index contributed by atoms with van der Waals surface area (Å²) in [5, 5.41) is 2.15. The summed E-state index contributed by atoms with van der Waals surface area (Å²) in [4.78, 5) is 24.0. The molecule has 1 fully saturated rings. The number of amides is 2. The van der Waals surface area contributed by atoms with Crippen molar-refractivity contribution >= 4 is 50.6 Å². The molecule has 1 aliphatic heterocycles. The van der Waals surface area contributed by atoms with Crippen LogP contribution in [0.5, 0.6) is 0 Å². The van der Waals surface area contributed by atoms with E-state index in [4.69, 9.17) is 18.0 Å². The van der Waals surface area contributed by atoms with Gasteiger partial charge in [-0.2, -0.15) is 0 Å². The molecule has 5 nitrogen and oxygen atoms in total. The molecule has 2 amide bonds. The van der Waals surface area contributed by atoms with E-state index in [1.54, 1.807) is 6.07 Å². The zero-order chi connectivity index (χ0) is 14.2. The molecule has 1 heterocycles. The van der Waals surface area contributed by atoms with E-state index >= 15 is 0 Å². The van der Waals surface area contributed by atoms with Gasteiger partial charge in [0.2, 0.25) is 11.8 Å². The van der Waals surface area contributed by atoms with Crippen molar-refractivity contribution in [1.82, 2.24) is 5.32 Å². The first-order chi connectivity index (χ1) is 8.90. The van der Waals surface area contributed by atoms with E-state index < -0.39 is 17.6 Å². The Bertz CT molecular complexity index is 578. The molecule has 1 aliphatic rings. The van der Waals surface area contributed by atoms with Crippen LogP contribution in [0.3, 0.4) is 0 Å². The van der Waals surface area contributed by atoms with E-state index in [-0.39, 0.29) is 28.2 Å². The molecule has 8 heteroatoms. The third-order valence-corrected chi connectivity index (χ3v) is 3.61. The number of nitrogens with two attached hydrogens (primary N) is 1. The number of carbonyl (C=O) groups is 2. The van der Waals surface area contributed by atoms with Crippen LogP contribution in [0.4, 0.5) is 10.1 Å². The summed E-state index contributed by atoms with van der Waals surface area (Å²) in [5.41, 5.74) is 5.97. The van der Waals surface area contributed by atoms with E-state index in [1.165, 1.54) is 11.0 Å². The van der Waals surface area contributed by atoms with Crippen molar-refractivity contribution < 1.29 is 14.0 Å². The van der Waals surface area contributed by atoms with Gasteiger partial charge in [-0.15, -0.1) is 0 Å². The van der Waals surface area contributed by atoms with Gasteiger partial charge in [0.15, 0.2) is 5.82 Å². The molecule has 0 unspecified atom stereocenters. The molecule has 3 N–H and O–H groups in total. The maximum absolute atomic E-state index is 14.2. The Kier molecular flexibility index (Phi) is 3.81. The average molecular weight is 346 g/mol. The molecule has 0 atom stereocenters. The fourth-order valence-corrected chi connectivity index (χ4v) is 2.63. The lowest BCUT2D eigenvalue weighted by atomic mass is 10.1. The monoisotopic (exact) mass is 345 g/mol. The molecule has 0 aromatic heterocycles. The third-order valence-electron chi connectivity index (χ3n) is 2.62. The fraction of sp³-hybridized carbons (Fsp3) is 0.182. The summed E-state index contributed by atoms with van der Waals surface area (Å²) in [6.45, 7) is -0.164. The first-order valence-electron chi connectivity index (χ1n) is 5.25. The summed E-state index contributed by atoms with van der Waals surface area (Å²) in [6, 6.07) is 2.99. The molecule has 100 valence electrons. The largest absolute Gasteiger partial charge is 0.389 e. The van der Waals surface area contributed by atoms with Crippen molar-refractivity contribution in [3.05, 3.63) is 28.0 Å². The number of rotatable bonds is 2. The molecule has 2 rings (SSSR count). The fourth-order valence-electron chi connectivity index (χ4n) is 1.78. The molecule has 0 spiro atoms. The summed E-state index contributed by atoms with van der Waals surface area (Å²) in [7, 11) is 0. The van der Waals surface area contributed by atoms with Crippen molar-refractivity contribution in [2.75, 3.05) is 18.0 Å². The lowest BCUT2D eigenvalue weighted by Gasteiger charge is -2.28. The number of carbonyl (C=O) groups excluding carboxylic acids is 2. The normalized spacial score (nSPS) is 15.4. The predicted octanol–water partition coefficient (Wildman–Crippen LogP) is 0.685. The number of halogens is 2. The lowest BCUT2D eigenvalue weighted by molar-refractivity contribution is -0.130. The van der Waals surface area contributed by atoms with Gasteiger partial charge in [0.1, 0.15) is 4.99 Å². The van der Waals surface area contributed by atoms with Gasteiger partial charge in [-0.3, -0.25) is 14.9 Å². The highest BCUT2D eigenvalue weighted by Crippen LogP contribution is 2.29. The van der Waals surface area contributed by atoms with Crippen molar-refractivity contribution in [3.63, 3.8) is 0 Å². The van der Waals surface area contributed by atoms with Crippen molar-refractivity contribution in [2.45, 2.75) is 0 Å². The van der Waals surface area contributed by atoms with Crippen LogP contribution in [-0.4, -0.2) is 29.9 Å². The van der Waals surface area contributed by atoms with Crippen LogP contribution in [0, 0.1) is 5.82 Å². The van der Waals surface area contributed by atoms with Crippen molar-refractivity contribution in [3.8, 4) is 0 Å². The second-order valence-corrected chi connectivity index (χ2v) is 5.18. The summed E-state index contributed by atoms with van der Waals surface area (Å²) in [6.07, 6.45) is 0. The Balaban J connectivity index is 2.41. The van der Waals surface area contributed by atoms with Crippen molar-refractivity contribution in [2.24, 2.45) is 5.73 Å². The number of thiocarbonyl (C=S) groups is 1. The summed E-state index contributed by atoms with van der Waals surface area (Å²) < 4.78 is 14.3. The number of nitrogens with zero attached hydrogens (tertiary/aromatic N) is 1. The van der Waals surface area contributed by atoms with Crippen LogP contribution in [0.15, 0.2) is 16.6 Å². The van der Waals surface area contributed by atoms with Gasteiger partial charge in [-0.1, -0.05) is 12.2 Å². The maximum atomic E-state index is 14.2. The van der Waals surface area contributed by atoms with E-state index in [0.717, 1.165) is 0 Å². The lowest BCUT2D eigenvalue weighted by Crippen LogP contribution is -2.51. The van der Waals surface area contributed by atoms with Crippen LogP contribution in [0.25, 0.3) is 0 Å². The van der Waals surface area contributed by atoms with Gasteiger partial charge in [0.25, 0.3) is 0 Å². The molecule has 0 saturated carbocycles. The van der Waals surface area contributed by atoms with E-state index in [1.807, 2.05) is 0 Å². The summed E-state index contributed by atoms with van der Waals surface area (Å²) >= 11 is 7.87. The van der Waals surface area contributed by atoms with Crippen LogP contribution in [-0.2, 0) is 9.59 Å². The number of benzene rings is 1. The molecule has 0 aliphatic carbocycles. The Morgan fingerprint density at radius 3 is 2.47 bits per heavy atom. The molecule has 1 aromatic rings. The van der Waals surface area contributed by atoms with Crippen LogP contribution in [0.2, 0.25) is 0 Å². The Morgan fingerprint density at radius 1 is 1.37 bits per heavy atom. The highest BCUT2D eigenvalue weighted by atomic mass is 79.9. The van der Waals surface area contributed by atoms with Gasteiger partial charge in [-0.05, 0) is 28.1 Å². The van der Waals surface area contributed by atoms with E-state index in [9.17, 15) is 14.0 Å². The van der Waals surface area contributed by atoms with E-state index in [0.29, 0.717) is 5.56 Å². The van der Waals surface area contributed by atoms with Gasteiger partial charge < -0.3 is 10.6 Å². The van der Waals surface area contributed by atoms with Crippen LogP contribution >= 0.6 is 28.1 Å². The quantitative estimate of drug-likeness (QED) is 0.609. The van der Waals surface area contributed by atoms with Crippen LogP contribution < -0.4 is 16.0 Å². The minimum absolute atomic E-state index is 0.0600. The minimum atomic E-state index is -0.604. The van der Waals surface area contributed by atoms with Gasteiger partial charge in [0.05, 0.1) is 23.2 Å². The maximum Gasteiger partial charge on any atom is 0.246 e. The predicted molar refractivity (Wildman–Crippen MR) is 75.4 cm³/mol. The SMILES string of the molecule is NC(=S)c1ccc(N2CC(=O)NC(=O)C2)c(F)c1Br. The van der Waals surface area contributed by atoms with Gasteiger partial charge in [-0.25, -0.2) is 4.39 Å². The highest BCUT2D eigenvalue weighted by Gasteiger charge is 2.26. The molecular weight excluding hydrogens is 337 g/mol. The molecular formula is C11H9BrFN3O2S. The first kappa shape index (κ1) is 13.9. The number of hydrogen-bond acceptors (Lipinski definition) is 4. The number of nitrogens with one attached hydrogen (secondary N) is 1. The smallest absolute Gasteiger partial charge is 0.246 e. The number of hydrogen-bond donors (Lipinski definition) is 2. The van der Waals surface area contributed by atoms with Gasteiger partial charge in [0, 0.05) is 5.56 Å². The van der Waals surface area contributed by atoms with E-state index in [2.05, 4.69) is 21.2 Å². The molecule has 1 saturated heterocycles. The third kappa shape index (κ3) is 2.74. The average Bonchev–Trinajstić information content (AvgIpc) is 2.30. The molecule has 0 bridgehead atoms. The molecule has 0 radical (unpaired) electrons. The number of anilines is 1. The molecule has 1 aromatic carbocycles. The van der Waals surface area contributed by atoms with Crippen LogP contribution in [0.1, 0.15) is 5.56 Å².